The van der Waals surface area contributed by atoms with E-state index in [0.717, 1.165) is 25.2 Å². The van der Waals surface area contributed by atoms with Crippen molar-refractivity contribution in [2.24, 2.45) is 0 Å². The molecule has 4 heteroatoms. The van der Waals surface area contributed by atoms with Gasteiger partial charge in [0.25, 0.3) is 0 Å². The third-order valence-electron chi connectivity index (χ3n) is 2.71. The maximum Gasteiger partial charge on any atom is 0.137 e. The lowest BCUT2D eigenvalue weighted by Gasteiger charge is -2.12. The largest absolute Gasteiger partial charge is 0.495 e. The van der Waals surface area contributed by atoms with Crippen molar-refractivity contribution in [2.45, 2.75) is 26.3 Å². The van der Waals surface area contributed by atoms with E-state index in [9.17, 15) is 0 Å². The molecule has 0 saturated heterocycles. The standard InChI is InChI=1S/C13H21ClN2O/c1-4-10(2)15-7-8-16-11-5-6-13(17-3)12(14)9-11/h5-6,9-10,15-16H,4,7-8H2,1-3H3. The second-order valence-electron chi connectivity index (χ2n) is 4.04. The van der Waals surface area contributed by atoms with Gasteiger partial charge >= 0.3 is 0 Å². The van der Waals surface area contributed by atoms with Gasteiger partial charge in [-0.2, -0.15) is 0 Å². The number of ether oxygens (including phenoxy) is 1. The highest BCUT2D eigenvalue weighted by atomic mass is 35.5. The molecule has 1 aromatic rings. The van der Waals surface area contributed by atoms with E-state index in [-0.39, 0.29) is 0 Å². The van der Waals surface area contributed by atoms with E-state index in [2.05, 4.69) is 24.5 Å². The van der Waals surface area contributed by atoms with Crippen LogP contribution in [-0.2, 0) is 0 Å². The predicted octanol–water partition coefficient (Wildman–Crippen LogP) is 3.15. The van der Waals surface area contributed by atoms with E-state index in [1.165, 1.54) is 0 Å². The summed E-state index contributed by atoms with van der Waals surface area (Å²) in [7, 11) is 1.62. The Balaban J connectivity index is 2.34. The molecular formula is C13H21ClN2O. The van der Waals surface area contributed by atoms with E-state index in [1.54, 1.807) is 7.11 Å². The molecule has 0 aliphatic carbocycles. The van der Waals surface area contributed by atoms with E-state index >= 15 is 0 Å². The molecular weight excluding hydrogens is 236 g/mol. The zero-order valence-corrected chi connectivity index (χ0v) is 11.5. The lowest BCUT2D eigenvalue weighted by Crippen LogP contribution is -2.30. The summed E-state index contributed by atoms with van der Waals surface area (Å²) >= 11 is 6.03. The van der Waals surface area contributed by atoms with Crippen LogP contribution in [0.3, 0.4) is 0 Å². The van der Waals surface area contributed by atoms with Gasteiger partial charge in [0, 0.05) is 24.8 Å². The topological polar surface area (TPSA) is 33.3 Å². The molecule has 0 aliphatic rings. The molecule has 1 unspecified atom stereocenters. The zero-order valence-electron chi connectivity index (χ0n) is 10.7. The number of anilines is 1. The molecule has 0 heterocycles. The first-order chi connectivity index (χ1) is 8.17. The second-order valence-corrected chi connectivity index (χ2v) is 4.45. The first-order valence-electron chi connectivity index (χ1n) is 5.98. The van der Waals surface area contributed by atoms with Gasteiger partial charge in [0.2, 0.25) is 0 Å². The number of hydrogen-bond acceptors (Lipinski definition) is 3. The van der Waals surface area contributed by atoms with Crippen molar-refractivity contribution in [3.05, 3.63) is 23.2 Å². The molecule has 0 amide bonds. The maximum absolute atomic E-state index is 6.03. The molecule has 1 atom stereocenters. The summed E-state index contributed by atoms with van der Waals surface area (Å²) in [6.07, 6.45) is 1.15. The van der Waals surface area contributed by atoms with Gasteiger partial charge in [-0.25, -0.2) is 0 Å². The number of halogens is 1. The Morgan fingerprint density at radius 3 is 2.71 bits per heavy atom. The monoisotopic (exact) mass is 256 g/mol. The van der Waals surface area contributed by atoms with Gasteiger partial charge in [-0.3, -0.25) is 0 Å². The van der Waals surface area contributed by atoms with Crippen LogP contribution in [0, 0.1) is 0 Å². The van der Waals surface area contributed by atoms with Crippen LogP contribution < -0.4 is 15.4 Å². The molecule has 0 aromatic heterocycles. The van der Waals surface area contributed by atoms with E-state index in [1.807, 2.05) is 18.2 Å². The van der Waals surface area contributed by atoms with Crippen LogP contribution in [-0.4, -0.2) is 26.2 Å². The molecule has 0 radical (unpaired) electrons. The summed E-state index contributed by atoms with van der Waals surface area (Å²) in [5.74, 6) is 0.704. The van der Waals surface area contributed by atoms with Gasteiger partial charge in [0.15, 0.2) is 0 Å². The Bertz CT molecular complexity index is 344. The maximum atomic E-state index is 6.03. The summed E-state index contributed by atoms with van der Waals surface area (Å²) in [5, 5.41) is 7.37. The van der Waals surface area contributed by atoms with Crippen LogP contribution in [0.2, 0.25) is 5.02 Å². The van der Waals surface area contributed by atoms with Gasteiger partial charge in [0.1, 0.15) is 5.75 Å². The number of methoxy groups -OCH3 is 1. The fourth-order valence-electron chi connectivity index (χ4n) is 1.45. The first-order valence-corrected chi connectivity index (χ1v) is 6.36. The van der Waals surface area contributed by atoms with E-state index < -0.39 is 0 Å². The number of nitrogens with one attached hydrogen (secondary N) is 2. The number of hydrogen-bond donors (Lipinski definition) is 2. The van der Waals surface area contributed by atoms with Crippen molar-refractivity contribution >= 4 is 17.3 Å². The molecule has 0 saturated carbocycles. The molecule has 96 valence electrons. The van der Waals surface area contributed by atoms with Gasteiger partial charge in [0.05, 0.1) is 12.1 Å². The highest BCUT2D eigenvalue weighted by molar-refractivity contribution is 6.32. The molecule has 1 rings (SSSR count). The van der Waals surface area contributed by atoms with Gasteiger partial charge in [-0.15, -0.1) is 0 Å². The summed E-state index contributed by atoms with van der Waals surface area (Å²) < 4.78 is 5.10. The Kier molecular flexibility index (Phi) is 6.16. The minimum absolute atomic E-state index is 0.566. The predicted molar refractivity (Wildman–Crippen MR) is 74.2 cm³/mol. The minimum atomic E-state index is 0.566. The van der Waals surface area contributed by atoms with Crippen LogP contribution in [0.25, 0.3) is 0 Å². The zero-order chi connectivity index (χ0) is 12.7. The van der Waals surface area contributed by atoms with Gasteiger partial charge in [-0.1, -0.05) is 18.5 Å². The van der Waals surface area contributed by atoms with Gasteiger partial charge < -0.3 is 15.4 Å². The number of rotatable bonds is 7. The quantitative estimate of drug-likeness (QED) is 0.736. The van der Waals surface area contributed by atoms with Crippen molar-refractivity contribution in [1.29, 1.82) is 0 Å². The van der Waals surface area contributed by atoms with Crippen LogP contribution in [0.15, 0.2) is 18.2 Å². The van der Waals surface area contributed by atoms with Crippen LogP contribution in [0.5, 0.6) is 5.75 Å². The Hall–Kier alpha value is -0.930. The lowest BCUT2D eigenvalue weighted by atomic mass is 10.2. The molecule has 0 aliphatic heterocycles. The van der Waals surface area contributed by atoms with Crippen molar-refractivity contribution in [3.8, 4) is 5.75 Å². The molecule has 0 spiro atoms. The first kappa shape index (κ1) is 14.1. The summed E-state index contributed by atoms with van der Waals surface area (Å²) in [4.78, 5) is 0. The fourth-order valence-corrected chi connectivity index (χ4v) is 1.70. The second kappa shape index (κ2) is 7.41. The molecule has 17 heavy (non-hydrogen) atoms. The normalized spacial score (nSPS) is 12.2. The fraction of sp³-hybridized carbons (Fsp3) is 0.538. The van der Waals surface area contributed by atoms with E-state index in [0.29, 0.717) is 16.8 Å². The summed E-state index contributed by atoms with van der Waals surface area (Å²) in [5.41, 5.74) is 1.02. The third-order valence-corrected chi connectivity index (χ3v) is 3.01. The third kappa shape index (κ3) is 4.84. The highest BCUT2D eigenvalue weighted by Crippen LogP contribution is 2.26. The van der Waals surface area contributed by atoms with Gasteiger partial charge in [-0.05, 0) is 31.5 Å². The van der Waals surface area contributed by atoms with Crippen molar-refractivity contribution in [2.75, 3.05) is 25.5 Å². The SMILES string of the molecule is CCC(C)NCCNc1ccc(OC)c(Cl)c1. The molecule has 3 nitrogen and oxygen atoms in total. The summed E-state index contributed by atoms with van der Waals surface area (Å²) in [6, 6.07) is 6.28. The molecule has 0 bridgehead atoms. The summed E-state index contributed by atoms with van der Waals surface area (Å²) in [6.45, 7) is 6.18. The lowest BCUT2D eigenvalue weighted by molar-refractivity contribution is 0.415. The highest BCUT2D eigenvalue weighted by Gasteiger charge is 2.01. The van der Waals surface area contributed by atoms with Crippen molar-refractivity contribution < 1.29 is 4.74 Å². The smallest absolute Gasteiger partial charge is 0.137 e. The van der Waals surface area contributed by atoms with Crippen LogP contribution in [0.4, 0.5) is 5.69 Å². The van der Waals surface area contributed by atoms with E-state index in [4.69, 9.17) is 16.3 Å². The molecule has 1 aromatic carbocycles. The van der Waals surface area contributed by atoms with Crippen LogP contribution in [0.1, 0.15) is 20.3 Å². The minimum Gasteiger partial charge on any atom is -0.495 e. The van der Waals surface area contributed by atoms with Crippen LogP contribution >= 0.6 is 11.6 Å². The average Bonchev–Trinajstić information content (AvgIpc) is 2.34. The Labute approximate surface area is 109 Å². The molecule has 2 N–H and O–H groups in total. The van der Waals surface area contributed by atoms with Crippen molar-refractivity contribution in [1.82, 2.24) is 5.32 Å². The molecule has 0 fully saturated rings. The number of benzene rings is 1. The Morgan fingerprint density at radius 2 is 2.12 bits per heavy atom. The van der Waals surface area contributed by atoms with Crippen molar-refractivity contribution in [3.63, 3.8) is 0 Å². The Morgan fingerprint density at radius 1 is 1.35 bits per heavy atom. The average molecular weight is 257 g/mol.